The Morgan fingerprint density at radius 2 is 1.02 bits per heavy atom. The van der Waals surface area contributed by atoms with Crippen molar-refractivity contribution < 1.29 is 8.78 Å². The van der Waals surface area contributed by atoms with Crippen molar-refractivity contribution >= 4 is 45.7 Å². The molecule has 18 heteroatoms. The fourth-order valence-electron chi connectivity index (χ4n) is 8.07. The van der Waals surface area contributed by atoms with E-state index < -0.39 is 11.6 Å². The van der Waals surface area contributed by atoms with Gasteiger partial charge in [0.25, 0.3) is 0 Å². The Hall–Kier alpha value is -7.18. The highest BCUT2D eigenvalue weighted by molar-refractivity contribution is 5.75. The van der Waals surface area contributed by atoms with Crippen LogP contribution >= 0.6 is 0 Å². The molecular formula is C44H46F2N16. The van der Waals surface area contributed by atoms with E-state index in [2.05, 4.69) is 74.4 Å². The minimum Gasteiger partial charge on any atom is -0.365 e. The fourth-order valence-corrected chi connectivity index (χ4v) is 8.07. The lowest BCUT2D eigenvalue weighted by molar-refractivity contribution is 0.421. The predicted molar refractivity (Wildman–Crippen MR) is 235 cm³/mol. The predicted octanol–water partition coefficient (Wildman–Crippen LogP) is 6.77. The molecule has 2 fully saturated rings. The summed E-state index contributed by atoms with van der Waals surface area (Å²) in [6, 6.07) is 17.6. The molecule has 10 heterocycles. The lowest BCUT2D eigenvalue weighted by Gasteiger charge is -2.40. The van der Waals surface area contributed by atoms with E-state index >= 15 is 0 Å². The molecule has 0 aromatic carbocycles. The van der Waals surface area contributed by atoms with E-state index in [-0.39, 0.29) is 35.6 Å². The summed E-state index contributed by atoms with van der Waals surface area (Å²) < 4.78 is 31.7. The number of halogens is 2. The SMILES string of the molecule is C[C@@H]1[C@@H](N)CCCN1c1ccncc1Nc1ncc2ccc(-c3ncccc3F)nn12.C[C@H]1[C@@H](N)CCCN1c1ccncc1Nc1ncc2ccc(-c3ncccc3F)nn12. The number of hydrogen-bond acceptors (Lipinski definition) is 14. The van der Waals surface area contributed by atoms with E-state index in [1.54, 1.807) is 82.9 Å². The molecule has 10 rings (SSSR count). The molecule has 0 spiro atoms. The molecule has 0 radical (unpaired) electrons. The Morgan fingerprint density at radius 1 is 0.565 bits per heavy atom. The largest absolute Gasteiger partial charge is 0.365 e. The quantitative estimate of drug-likeness (QED) is 0.125. The summed E-state index contributed by atoms with van der Waals surface area (Å²) in [5.74, 6) is 0.177. The molecule has 62 heavy (non-hydrogen) atoms. The lowest BCUT2D eigenvalue weighted by Crippen LogP contribution is -2.50. The molecule has 8 aromatic rings. The van der Waals surface area contributed by atoms with Crippen molar-refractivity contribution in [3.63, 3.8) is 0 Å². The van der Waals surface area contributed by atoms with Crippen LogP contribution in [0.15, 0.2) is 110 Å². The first kappa shape index (κ1) is 40.2. The minimum atomic E-state index is -0.422. The second kappa shape index (κ2) is 17.4. The summed E-state index contributed by atoms with van der Waals surface area (Å²) in [7, 11) is 0. The van der Waals surface area contributed by atoms with E-state index in [0.29, 0.717) is 23.3 Å². The van der Waals surface area contributed by atoms with Gasteiger partial charge in [0.15, 0.2) is 11.6 Å². The zero-order valence-corrected chi connectivity index (χ0v) is 34.2. The molecule has 16 nitrogen and oxygen atoms in total. The second-order valence-corrected chi connectivity index (χ2v) is 15.5. The van der Waals surface area contributed by atoms with Gasteiger partial charge in [-0.15, -0.1) is 0 Å². The van der Waals surface area contributed by atoms with E-state index in [0.717, 1.165) is 72.6 Å². The topological polar surface area (TPSA) is 195 Å². The number of hydrogen-bond donors (Lipinski definition) is 4. The van der Waals surface area contributed by atoms with Gasteiger partial charge in [-0.1, -0.05) is 0 Å². The molecule has 0 amide bonds. The van der Waals surface area contributed by atoms with E-state index in [9.17, 15) is 8.78 Å². The smallest absolute Gasteiger partial charge is 0.229 e. The lowest BCUT2D eigenvalue weighted by atomic mass is 9.97. The van der Waals surface area contributed by atoms with Crippen LogP contribution < -0.4 is 31.9 Å². The molecular weight excluding hydrogens is 791 g/mol. The van der Waals surface area contributed by atoms with Gasteiger partial charge in [-0.2, -0.15) is 19.2 Å². The highest BCUT2D eigenvalue weighted by atomic mass is 19.1. The van der Waals surface area contributed by atoms with Crippen LogP contribution in [0.5, 0.6) is 0 Å². The van der Waals surface area contributed by atoms with Crippen molar-refractivity contribution in [1.29, 1.82) is 0 Å². The van der Waals surface area contributed by atoms with Crippen LogP contribution in [0.1, 0.15) is 39.5 Å². The van der Waals surface area contributed by atoms with Gasteiger partial charge in [-0.3, -0.25) is 19.9 Å². The highest BCUT2D eigenvalue weighted by Crippen LogP contribution is 2.34. The number of pyridine rings is 4. The summed E-state index contributed by atoms with van der Waals surface area (Å²) in [5, 5.41) is 15.8. The zero-order valence-electron chi connectivity index (χ0n) is 34.2. The maximum absolute atomic E-state index is 14.2. The van der Waals surface area contributed by atoms with Crippen molar-refractivity contribution in [2.24, 2.45) is 11.5 Å². The number of nitrogens with one attached hydrogen (secondary N) is 2. The third-order valence-electron chi connectivity index (χ3n) is 11.6. The summed E-state index contributed by atoms with van der Waals surface area (Å²) >= 11 is 0. The van der Waals surface area contributed by atoms with Crippen molar-refractivity contribution in [3.8, 4) is 22.8 Å². The number of piperidine rings is 2. The fraction of sp³-hybridized carbons (Fsp3) is 0.273. The first-order valence-corrected chi connectivity index (χ1v) is 20.6. The summed E-state index contributed by atoms with van der Waals surface area (Å²) in [6.45, 7) is 6.15. The van der Waals surface area contributed by atoms with Crippen LogP contribution in [0.25, 0.3) is 33.8 Å². The van der Waals surface area contributed by atoms with Crippen molar-refractivity contribution in [3.05, 3.63) is 122 Å². The Balaban J connectivity index is 0.000000158. The third kappa shape index (κ3) is 8.04. The number of aromatic nitrogens is 10. The number of nitrogens with two attached hydrogens (primary N) is 2. The molecule has 0 bridgehead atoms. The van der Waals surface area contributed by atoms with Gasteiger partial charge in [0.1, 0.15) is 22.8 Å². The normalized spacial score (nSPS) is 19.0. The number of anilines is 6. The van der Waals surface area contributed by atoms with Crippen molar-refractivity contribution in [2.75, 3.05) is 33.5 Å². The second-order valence-electron chi connectivity index (χ2n) is 15.5. The van der Waals surface area contributed by atoms with E-state index in [1.165, 1.54) is 12.1 Å². The molecule has 2 aliphatic rings. The number of rotatable bonds is 8. The van der Waals surface area contributed by atoms with Crippen molar-refractivity contribution in [2.45, 2.75) is 63.7 Å². The standard InChI is InChI=1S/2C22H23FN8/c2*1-14-17(24)5-3-11-30(14)20-8-10-25-13-19(20)28-22-27-12-15-6-7-18(29-31(15)22)21-16(23)4-2-9-26-21/h2*2,4,6-10,12-14,17H,3,5,11,24H2,1H3,(H,27,28)/t14-,17+;14-,17-/m10/s1. The summed E-state index contributed by atoms with van der Waals surface area (Å²) in [6.07, 6.45) is 17.7. The van der Waals surface area contributed by atoms with Crippen LogP contribution in [-0.4, -0.2) is 86.4 Å². The van der Waals surface area contributed by atoms with Gasteiger partial charge in [0.2, 0.25) is 11.9 Å². The third-order valence-corrected chi connectivity index (χ3v) is 11.6. The van der Waals surface area contributed by atoms with Gasteiger partial charge in [0, 0.05) is 62.0 Å². The van der Waals surface area contributed by atoms with Gasteiger partial charge in [0.05, 0.1) is 58.6 Å². The average Bonchev–Trinajstić information content (AvgIpc) is 3.89. The first-order valence-electron chi connectivity index (χ1n) is 20.6. The number of nitrogens with zero attached hydrogens (tertiary/aromatic N) is 12. The van der Waals surface area contributed by atoms with Gasteiger partial charge in [-0.25, -0.2) is 18.7 Å². The Morgan fingerprint density at radius 3 is 1.45 bits per heavy atom. The highest BCUT2D eigenvalue weighted by Gasteiger charge is 2.29. The van der Waals surface area contributed by atoms with Crippen LogP contribution in [0.4, 0.5) is 43.4 Å². The molecule has 2 saturated heterocycles. The average molecular weight is 837 g/mol. The van der Waals surface area contributed by atoms with Crippen LogP contribution in [-0.2, 0) is 0 Å². The molecule has 0 unspecified atom stereocenters. The minimum absolute atomic E-state index is 0.125. The van der Waals surface area contributed by atoms with Gasteiger partial charge in [-0.05, 0) is 100 Å². The molecule has 6 N–H and O–H groups in total. The Labute approximate surface area is 356 Å². The monoisotopic (exact) mass is 836 g/mol. The first-order chi connectivity index (χ1) is 30.2. The summed E-state index contributed by atoms with van der Waals surface area (Å²) in [4.78, 5) is 30.4. The summed E-state index contributed by atoms with van der Waals surface area (Å²) in [5.41, 5.74) is 19.1. The van der Waals surface area contributed by atoms with Crippen molar-refractivity contribution in [1.82, 2.24) is 49.1 Å². The van der Waals surface area contributed by atoms with Crippen LogP contribution in [0.2, 0.25) is 0 Å². The van der Waals surface area contributed by atoms with Gasteiger partial charge < -0.3 is 31.9 Å². The molecule has 316 valence electrons. The molecule has 4 atom stereocenters. The molecule has 2 aliphatic heterocycles. The molecule has 0 saturated carbocycles. The Kier molecular flexibility index (Phi) is 11.3. The maximum Gasteiger partial charge on any atom is 0.229 e. The van der Waals surface area contributed by atoms with E-state index in [1.807, 2.05) is 24.3 Å². The Bertz CT molecular complexity index is 2640. The maximum atomic E-state index is 14.2. The van der Waals surface area contributed by atoms with Gasteiger partial charge >= 0.3 is 0 Å². The zero-order chi connectivity index (χ0) is 42.7. The number of fused-ring (bicyclic) bond motifs is 2. The molecule has 8 aromatic heterocycles. The molecule has 0 aliphatic carbocycles. The van der Waals surface area contributed by atoms with E-state index in [4.69, 9.17) is 11.5 Å². The van der Waals surface area contributed by atoms with Crippen LogP contribution in [0.3, 0.4) is 0 Å². The number of imidazole rings is 2. The van der Waals surface area contributed by atoms with Crippen LogP contribution in [0, 0.1) is 11.6 Å².